The number of hydrogen-bond donors (Lipinski definition) is 1. The lowest BCUT2D eigenvalue weighted by Crippen LogP contribution is -2.43. The Morgan fingerprint density at radius 1 is 0.739 bits per heavy atom. The Hall–Kier alpha value is 0.154. The quantitative estimate of drug-likeness (QED) is 0.436. The first-order chi connectivity index (χ1) is 10.9. The fourth-order valence-electron chi connectivity index (χ4n) is 2.50. The van der Waals surface area contributed by atoms with Crippen LogP contribution in [0.3, 0.4) is 0 Å². The molecule has 0 fully saturated rings. The molecular weight excluding hydrogens is 332 g/mol. The van der Waals surface area contributed by atoms with Crippen LogP contribution in [0.15, 0.2) is 0 Å². The van der Waals surface area contributed by atoms with E-state index in [2.05, 4.69) is 11.4 Å². The molecule has 7 nitrogen and oxygen atoms in total. The van der Waals surface area contributed by atoms with Crippen molar-refractivity contribution in [2.75, 3.05) is 61.7 Å². The minimum atomic E-state index is -2.47. The topological polar surface area (TPSA) is 75.4 Å². The molecule has 0 saturated carbocycles. The lowest BCUT2D eigenvalue weighted by Gasteiger charge is -2.28. The maximum Gasteiger partial charge on any atom is 0.500 e. The van der Waals surface area contributed by atoms with Gasteiger partial charge in [-0.3, -0.25) is 0 Å². The van der Waals surface area contributed by atoms with E-state index < -0.39 is 17.4 Å². The van der Waals surface area contributed by atoms with Gasteiger partial charge in [-0.05, 0) is 38.5 Å². The second kappa shape index (κ2) is 12.5. The van der Waals surface area contributed by atoms with Crippen molar-refractivity contribution in [3.63, 3.8) is 0 Å². The molecule has 0 amide bonds. The summed E-state index contributed by atoms with van der Waals surface area (Å²) < 4.78 is 27.4. The summed E-state index contributed by atoms with van der Waals surface area (Å²) in [4.78, 5) is 2.38. The molecule has 0 saturated heterocycles. The van der Waals surface area contributed by atoms with E-state index in [0.29, 0.717) is 6.54 Å². The lowest BCUT2D eigenvalue weighted by atomic mass is 10.3. The van der Waals surface area contributed by atoms with Gasteiger partial charge in [-0.1, -0.05) is 0 Å². The summed E-state index contributed by atoms with van der Waals surface area (Å²) >= 11 is 0. The van der Waals surface area contributed by atoms with Crippen molar-refractivity contribution in [2.24, 2.45) is 5.73 Å². The average Bonchev–Trinajstić information content (AvgIpc) is 2.59. The largest absolute Gasteiger partial charge is 0.500 e. The summed E-state index contributed by atoms with van der Waals surface area (Å²) in [7, 11) is 3.97. The van der Waals surface area contributed by atoms with Gasteiger partial charge in [-0.2, -0.15) is 0 Å². The van der Waals surface area contributed by atoms with Gasteiger partial charge in [0.05, 0.1) is 0 Å². The third-order valence-electron chi connectivity index (χ3n) is 4.30. The molecule has 0 spiro atoms. The Balaban J connectivity index is 4.26. The molecule has 140 valence electrons. The summed E-state index contributed by atoms with van der Waals surface area (Å²) in [5.74, 6) is 0. The minimum absolute atomic E-state index is 0.657. The van der Waals surface area contributed by atoms with E-state index in [1.54, 1.807) is 35.5 Å². The van der Waals surface area contributed by atoms with Gasteiger partial charge in [0.25, 0.3) is 0 Å². The van der Waals surface area contributed by atoms with Crippen LogP contribution in [0.2, 0.25) is 18.6 Å². The van der Waals surface area contributed by atoms with Crippen molar-refractivity contribution in [3.8, 4) is 0 Å². The molecule has 0 aromatic carbocycles. The van der Waals surface area contributed by atoms with E-state index in [4.69, 9.17) is 27.9 Å². The van der Waals surface area contributed by atoms with Gasteiger partial charge in [-0.15, -0.1) is 0 Å². The van der Waals surface area contributed by atoms with Crippen molar-refractivity contribution < 1.29 is 22.1 Å². The van der Waals surface area contributed by atoms with Gasteiger partial charge in [-0.25, -0.2) is 0 Å². The number of rotatable bonds is 15. The molecule has 0 atom stereocenters. The van der Waals surface area contributed by atoms with Gasteiger partial charge < -0.3 is 32.8 Å². The zero-order chi connectivity index (χ0) is 17.8. The highest BCUT2D eigenvalue weighted by atomic mass is 28.4. The van der Waals surface area contributed by atoms with Gasteiger partial charge in [0.15, 0.2) is 0 Å². The molecule has 0 unspecified atom stereocenters. The zero-order valence-corrected chi connectivity index (χ0v) is 17.7. The molecule has 23 heavy (non-hydrogen) atoms. The highest BCUT2D eigenvalue weighted by molar-refractivity contribution is 6.65. The number of hydrogen-bond acceptors (Lipinski definition) is 7. The number of nitrogens with two attached hydrogens (primary N) is 1. The Bertz CT molecular complexity index is 284. The first-order valence-corrected chi connectivity index (χ1v) is 12.6. The smallest absolute Gasteiger partial charge is 0.398 e. The molecular formula is C14H36N2O5Si2. The van der Waals surface area contributed by atoms with E-state index in [0.717, 1.165) is 44.6 Å². The second-order valence-corrected chi connectivity index (χ2v) is 12.3. The van der Waals surface area contributed by atoms with Gasteiger partial charge in [0.1, 0.15) is 0 Å². The maximum absolute atomic E-state index is 5.73. The van der Waals surface area contributed by atoms with E-state index in [1.165, 1.54) is 0 Å². The van der Waals surface area contributed by atoms with Crippen LogP contribution in [0.4, 0.5) is 0 Å². The van der Waals surface area contributed by atoms with Crippen LogP contribution in [0, 0.1) is 0 Å². The van der Waals surface area contributed by atoms with Crippen molar-refractivity contribution in [2.45, 2.75) is 31.5 Å². The molecule has 9 heteroatoms. The molecule has 0 aromatic rings. The number of nitrogens with zero attached hydrogens (tertiary/aromatic N) is 1. The normalized spacial score (nSPS) is 13.0. The summed E-state index contributed by atoms with van der Waals surface area (Å²) in [5, 5.41) is 0. The van der Waals surface area contributed by atoms with Crippen LogP contribution < -0.4 is 5.73 Å². The van der Waals surface area contributed by atoms with Crippen LogP contribution in [0.1, 0.15) is 12.8 Å². The summed E-state index contributed by atoms with van der Waals surface area (Å²) in [6.07, 6.45) is 2.01. The predicted octanol–water partition coefficient (Wildman–Crippen LogP) is 1.27. The molecule has 0 aliphatic rings. The maximum atomic E-state index is 5.73. The van der Waals surface area contributed by atoms with Crippen molar-refractivity contribution >= 4 is 17.4 Å². The minimum Gasteiger partial charge on any atom is -0.398 e. The van der Waals surface area contributed by atoms with E-state index in [9.17, 15) is 0 Å². The Morgan fingerprint density at radius 2 is 1.22 bits per heavy atom. The molecule has 0 rings (SSSR count). The lowest BCUT2D eigenvalue weighted by molar-refractivity contribution is 0.121. The fourth-order valence-corrected chi connectivity index (χ4v) is 5.58. The third-order valence-corrected chi connectivity index (χ3v) is 10.1. The van der Waals surface area contributed by atoms with Crippen LogP contribution >= 0.6 is 0 Å². The highest BCUT2D eigenvalue weighted by Gasteiger charge is 2.37. The van der Waals surface area contributed by atoms with Crippen LogP contribution in [0.25, 0.3) is 0 Å². The molecule has 0 heterocycles. The van der Waals surface area contributed by atoms with Gasteiger partial charge in [0.2, 0.25) is 0 Å². The monoisotopic (exact) mass is 368 g/mol. The van der Waals surface area contributed by atoms with Gasteiger partial charge >= 0.3 is 17.4 Å². The van der Waals surface area contributed by atoms with E-state index >= 15 is 0 Å². The summed E-state index contributed by atoms with van der Waals surface area (Å²) in [5.41, 5.74) is 5.73. The third kappa shape index (κ3) is 8.70. The van der Waals surface area contributed by atoms with E-state index in [-0.39, 0.29) is 0 Å². The highest BCUT2D eigenvalue weighted by Crippen LogP contribution is 2.17. The Labute approximate surface area is 144 Å². The molecule has 0 radical (unpaired) electrons. The SMILES string of the molecule is CO[Si](C)(CCCN(CCN)CCC[Si](OC)(OC)OC)OC. The van der Waals surface area contributed by atoms with Crippen molar-refractivity contribution in [1.82, 2.24) is 4.90 Å². The summed E-state index contributed by atoms with van der Waals surface area (Å²) in [6.45, 7) is 5.59. The standard InChI is InChI=1S/C14H36N2O5Si2/c1-17-22(6,18-2)13-7-10-16(12-9-15)11-8-14-23(19-3,20-4)21-5/h7-15H2,1-6H3. The van der Waals surface area contributed by atoms with Crippen LogP contribution in [-0.2, 0) is 22.1 Å². The molecule has 0 aliphatic carbocycles. The summed E-state index contributed by atoms with van der Waals surface area (Å²) in [6, 6.07) is 1.79. The predicted molar refractivity (Wildman–Crippen MR) is 96.8 cm³/mol. The van der Waals surface area contributed by atoms with Crippen LogP contribution in [0.5, 0.6) is 0 Å². The van der Waals surface area contributed by atoms with Crippen molar-refractivity contribution in [3.05, 3.63) is 0 Å². The molecule has 0 aliphatic heterocycles. The fraction of sp³-hybridized carbons (Fsp3) is 1.00. The van der Waals surface area contributed by atoms with Gasteiger partial charge in [0, 0.05) is 54.7 Å². The first-order valence-electron chi connectivity index (χ1n) is 8.13. The average molecular weight is 369 g/mol. The van der Waals surface area contributed by atoms with E-state index in [1.807, 2.05) is 0 Å². The first kappa shape index (κ1) is 23.2. The van der Waals surface area contributed by atoms with Crippen LogP contribution in [-0.4, -0.2) is 84.0 Å². The zero-order valence-electron chi connectivity index (χ0n) is 15.7. The Morgan fingerprint density at radius 3 is 1.61 bits per heavy atom. The Kier molecular flexibility index (Phi) is 12.6. The van der Waals surface area contributed by atoms with Crippen molar-refractivity contribution in [1.29, 1.82) is 0 Å². The molecule has 0 bridgehead atoms. The molecule has 0 aromatic heterocycles. The second-order valence-electron chi connectivity index (χ2n) is 5.67. The molecule has 2 N–H and O–H groups in total.